The number of nitrogens with one attached hydrogen (secondary N) is 2. The van der Waals surface area contributed by atoms with Crippen molar-refractivity contribution in [3.05, 3.63) is 75.2 Å². The standard InChI is InChI=1S/C31H41N5O4/c1-20-16-23(19-26-18-22(3)35-36(26)4)17-21(2)28(20)30(37)34-27(31(38)39)12-15-40-14-6-5-9-25-11-10-24-8-7-13-32-29(24)33-25/h10-11,16-18,27H,5-9,12-15,19H2,1-4H3,(H,32,33)(H,34,37)(H,38,39)/t27-/m0/s1. The number of carbonyl (C=O) groups excluding carboxylic acids is 1. The Kier molecular flexibility index (Phi) is 9.93. The molecular weight excluding hydrogens is 506 g/mol. The first-order valence-electron chi connectivity index (χ1n) is 14.1. The number of benzene rings is 1. The number of hydrogen-bond donors (Lipinski definition) is 3. The van der Waals surface area contributed by atoms with Gasteiger partial charge in [0, 0.05) is 56.6 Å². The van der Waals surface area contributed by atoms with Gasteiger partial charge in [0.25, 0.3) is 5.91 Å². The summed E-state index contributed by atoms with van der Waals surface area (Å²) in [5.41, 5.74) is 7.65. The Bertz CT molecular complexity index is 1330. The lowest BCUT2D eigenvalue weighted by Crippen LogP contribution is -2.42. The third-order valence-electron chi connectivity index (χ3n) is 7.38. The number of pyridine rings is 1. The monoisotopic (exact) mass is 547 g/mol. The van der Waals surface area contributed by atoms with E-state index in [4.69, 9.17) is 9.72 Å². The van der Waals surface area contributed by atoms with Crippen LogP contribution in [0, 0.1) is 20.8 Å². The van der Waals surface area contributed by atoms with Gasteiger partial charge in [-0.25, -0.2) is 9.78 Å². The molecule has 3 aromatic rings. The van der Waals surface area contributed by atoms with Gasteiger partial charge >= 0.3 is 5.97 Å². The zero-order valence-electron chi connectivity index (χ0n) is 24.0. The average molecular weight is 548 g/mol. The second kappa shape index (κ2) is 13.6. The minimum absolute atomic E-state index is 0.204. The number of aryl methyl sites for hydroxylation is 6. The lowest BCUT2D eigenvalue weighted by atomic mass is 9.96. The predicted octanol–water partition coefficient (Wildman–Crippen LogP) is 4.30. The molecule has 2 aromatic heterocycles. The molecule has 1 amide bonds. The molecule has 1 aliphatic rings. The van der Waals surface area contributed by atoms with Crippen LogP contribution in [-0.2, 0) is 35.8 Å². The molecule has 1 aromatic carbocycles. The van der Waals surface area contributed by atoms with E-state index in [9.17, 15) is 14.7 Å². The van der Waals surface area contributed by atoms with Gasteiger partial charge in [0.15, 0.2) is 0 Å². The number of nitrogens with zero attached hydrogens (tertiary/aromatic N) is 3. The molecule has 1 aliphatic heterocycles. The number of aromatic nitrogens is 3. The van der Waals surface area contributed by atoms with Gasteiger partial charge in [0.05, 0.1) is 5.69 Å². The van der Waals surface area contributed by atoms with Crippen LogP contribution in [0.1, 0.15) is 75.4 Å². The number of fused-ring (bicyclic) bond motifs is 1. The fourth-order valence-corrected chi connectivity index (χ4v) is 5.36. The highest BCUT2D eigenvalue weighted by molar-refractivity contribution is 5.99. The van der Waals surface area contributed by atoms with Crippen LogP contribution >= 0.6 is 0 Å². The number of hydrogen-bond acceptors (Lipinski definition) is 6. The van der Waals surface area contributed by atoms with Gasteiger partial charge in [-0.15, -0.1) is 0 Å². The highest BCUT2D eigenvalue weighted by Gasteiger charge is 2.23. The SMILES string of the molecule is Cc1cc(Cc2cc(C)c(C(=O)N[C@@H](CCOCCCCc3ccc4c(n3)NCCC4)C(=O)O)c(C)c2)n(C)n1. The molecule has 0 aliphatic carbocycles. The molecule has 9 heteroatoms. The Morgan fingerprint density at radius 3 is 2.60 bits per heavy atom. The molecule has 1 atom stereocenters. The minimum Gasteiger partial charge on any atom is -0.480 e. The van der Waals surface area contributed by atoms with Gasteiger partial charge in [-0.05, 0) is 87.3 Å². The summed E-state index contributed by atoms with van der Waals surface area (Å²) in [5.74, 6) is -0.428. The average Bonchev–Trinajstić information content (AvgIpc) is 3.22. The fourth-order valence-electron chi connectivity index (χ4n) is 5.36. The molecular formula is C31H41N5O4. The number of unbranched alkanes of at least 4 members (excludes halogenated alkanes) is 1. The first-order valence-corrected chi connectivity index (χ1v) is 14.1. The van der Waals surface area contributed by atoms with Crippen molar-refractivity contribution in [2.75, 3.05) is 25.1 Å². The van der Waals surface area contributed by atoms with E-state index >= 15 is 0 Å². The van der Waals surface area contributed by atoms with Gasteiger partial charge in [-0.2, -0.15) is 5.10 Å². The molecule has 0 unspecified atom stereocenters. The number of carboxylic acid groups (broad SMARTS) is 1. The summed E-state index contributed by atoms with van der Waals surface area (Å²) in [6, 6.07) is 9.27. The molecule has 0 saturated carbocycles. The third-order valence-corrected chi connectivity index (χ3v) is 7.38. The van der Waals surface area contributed by atoms with Crippen LogP contribution in [0.2, 0.25) is 0 Å². The third kappa shape index (κ3) is 7.69. The zero-order valence-corrected chi connectivity index (χ0v) is 24.0. The van der Waals surface area contributed by atoms with Crippen molar-refractivity contribution in [1.29, 1.82) is 0 Å². The number of carbonyl (C=O) groups is 2. The summed E-state index contributed by atoms with van der Waals surface area (Å²) in [7, 11) is 1.92. The predicted molar refractivity (Wildman–Crippen MR) is 155 cm³/mol. The van der Waals surface area contributed by atoms with Crippen LogP contribution in [0.25, 0.3) is 0 Å². The Morgan fingerprint density at radius 2 is 1.90 bits per heavy atom. The van der Waals surface area contributed by atoms with Crippen LogP contribution in [0.3, 0.4) is 0 Å². The quantitative estimate of drug-likeness (QED) is 0.273. The van der Waals surface area contributed by atoms with Gasteiger partial charge in [-0.3, -0.25) is 9.48 Å². The van der Waals surface area contributed by atoms with Crippen LogP contribution in [0.5, 0.6) is 0 Å². The van der Waals surface area contributed by atoms with Gasteiger partial charge < -0.3 is 20.5 Å². The van der Waals surface area contributed by atoms with Crippen LogP contribution in [0.15, 0.2) is 30.3 Å². The number of aliphatic carboxylic acids is 1. The molecule has 3 heterocycles. The number of ether oxygens (including phenoxy) is 1. The largest absolute Gasteiger partial charge is 0.480 e. The fraction of sp³-hybridized carbons (Fsp3) is 0.484. The van der Waals surface area contributed by atoms with Crippen LogP contribution in [-0.4, -0.2) is 57.5 Å². The van der Waals surface area contributed by atoms with Gasteiger partial charge in [0.1, 0.15) is 11.9 Å². The normalized spacial score (nSPS) is 13.4. The number of amides is 1. The lowest BCUT2D eigenvalue weighted by molar-refractivity contribution is -0.139. The van der Waals surface area contributed by atoms with E-state index in [1.165, 1.54) is 5.56 Å². The van der Waals surface area contributed by atoms with Crippen molar-refractivity contribution < 1.29 is 19.4 Å². The summed E-state index contributed by atoms with van der Waals surface area (Å²) in [5, 5.41) is 20.2. The molecule has 9 nitrogen and oxygen atoms in total. The molecule has 0 bridgehead atoms. The Hall–Kier alpha value is -3.72. The van der Waals surface area contributed by atoms with E-state index in [0.717, 1.165) is 78.2 Å². The molecule has 4 rings (SSSR count). The molecule has 0 spiro atoms. The second-order valence-corrected chi connectivity index (χ2v) is 10.7. The number of carboxylic acids is 1. The Morgan fingerprint density at radius 1 is 1.12 bits per heavy atom. The van der Waals surface area contributed by atoms with E-state index in [-0.39, 0.29) is 18.9 Å². The first kappa shape index (κ1) is 29.3. The minimum atomic E-state index is -1.07. The van der Waals surface area contributed by atoms with Gasteiger partial charge in [-0.1, -0.05) is 18.2 Å². The first-order chi connectivity index (χ1) is 19.2. The zero-order chi connectivity index (χ0) is 28.6. The highest BCUT2D eigenvalue weighted by atomic mass is 16.5. The lowest BCUT2D eigenvalue weighted by Gasteiger charge is -2.18. The maximum atomic E-state index is 13.1. The van der Waals surface area contributed by atoms with Crippen LogP contribution in [0.4, 0.5) is 5.82 Å². The summed E-state index contributed by atoms with van der Waals surface area (Å²) in [6.45, 7) is 7.51. The van der Waals surface area contributed by atoms with E-state index in [2.05, 4.69) is 33.9 Å². The summed E-state index contributed by atoms with van der Waals surface area (Å²) in [4.78, 5) is 29.7. The molecule has 0 fully saturated rings. The summed E-state index contributed by atoms with van der Waals surface area (Å²) < 4.78 is 7.57. The van der Waals surface area contributed by atoms with Crippen molar-refractivity contribution in [3.8, 4) is 0 Å². The van der Waals surface area contributed by atoms with Crippen molar-refractivity contribution in [1.82, 2.24) is 20.1 Å². The van der Waals surface area contributed by atoms with E-state index in [1.54, 1.807) is 0 Å². The molecule has 0 saturated heterocycles. The van der Waals surface area contributed by atoms with E-state index in [1.807, 2.05) is 44.6 Å². The number of rotatable bonds is 13. The van der Waals surface area contributed by atoms with Crippen molar-refractivity contribution in [2.24, 2.45) is 7.05 Å². The van der Waals surface area contributed by atoms with Crippen molar-refractivity contribution in [3.63, 3.8) is 0 Å². The number of anilines is 1. The second-order valence-electron chi connectivity index (χ2n) is 10.7. The van der Waals surface area contributed by atoms with Crippen molar-refractivity contribution in [2.45, 2.75) is 71.8 Å². The Balaban J connectivity index is 1.22. The molecule has 3 N–H and O–H groups in total. The highest BCUT2D eigenvalue weighted by Crippen LogP contribution is 2.21. The summed E-state index contributed by atoms with van der Waals surface area (Å²) in [6.07, 6.45) is 5.83. The van der Waals surface area contributed by atoms with Crippen molar-refractivity contribution >= 4 is 17.7 Å². The maximum Gasteiger partial charge on any atom is 0.326 e. The van der Waals surface area contributed by atoms with Crippen LogP contribution < -0.4 is 10.6 Å². The van der Waals surface area contributed by atoms with E-state index in [0.29, 0.717) is 18.6 Å². The smallest absolute Gasteiger partial charge is 0.326 e. The molecule has 214 valence electrons. The topological polar surface area (TPSA) is 118 Å². The molecule has 40 heavy (non-hydrogen) atoms. The molecule has 0 radical (unpaired) electrons. The summed E-state index contributed by atoms with van der Waals surface area (Å²) >= 11 is 0. The maximum absolute atomic E-state index is 13.1. The van der Waals surface area contributed by atoms with Gasteiger partial charge in [0.2, 0.25) is 0 Å². The Labute approximate surface area is 236 Å². The van der Waals surface area contributed by atoms with E-state index < -0.39 is 12.0 Å².